The van der Waals surface area contributed by atoms with Gasteiger partial charge in [-0.1, -0.05) is 41.3 Å². The van der Waals surface area contributed by atoms with Gasteiger partial charge in [0, 0.05) is 11.8 Å². The lowest BCUT2D eigenvalue weighted by Crippen LogP contribution is -2.07. The topological polar surface area (TPSA) is 73.3 Å². The van der Waals surface area contributed by atoms with E-state index in [0.717, 1.165) is 11.1 Å². The highest BCUT2D eigenvalue weighted by molar-refractivity contribution is 8.00. The van der Waals surface area contributed by atoms with Crippen LogP contribution in [0, 0.1) is 5.82 Å². The number of amides is 1. The van der Waals surface area contributed by atoms with E-state index in [2.05, 4.69) is 15.5 Å². The Kier molecular flexibility index (Phi) is 7.20. The largest absolute Gasteiger partial charge is 0.493 e. The molecule has 0 aliphatic carbocycles. The average molecular weight is 432 g/mol. The Hall–Kier alpha value is -2.91. The molecule has 0 atom stereocenters. The Morgan fingerprint density at radius 3 is 2.62 bits per heavy atom. The van der Waals surface area contributed by atoms with E-state index in [9.17, 15) is 9.18 Å². The van der Waals surface area contributed by atoms with Gasteiger partial charge in [-0.3, -0.25) is 10.1 Å². The lowest BCUT2D eigenvalue weighted by atomic mass is 10.2. The lowest BCUT2D eigenvalue weighted by molar-refractivity contribution is -0.111. The van der Waals surface area contributed by atoms with Gasteiger partial charge in [0.05, 0.1) is 14.2 Å². The number of anilines is 1. The molecule has 29 heavy (non-hydrogen) atoms. The number of carbonyl (C=O) groups is 1. The molecule has 0 saturated heterocycles. The molecule has 0 spiro atoms. The number of halogens is 1. The van der Waals surface area contributed by atoms with Gasteiger partial charge in [-0.15, -0.1) is 10.2 Å². The van der Waals surface area contributed by atoms with Gasteiger partial charge >= 0.3 is 0 Å². The lowest BCUT2D eigenvalue weighted by Gasteiger charge is -2.07. The fraction of sp³-hybridized carbons (Fsp3) is 0.150. The summed E-state index contributed by atoms with van der Waals surface area (Å²) in [5.74, 6) is 1.27. The van der Waals surface area contributed by atoms with Gasteiger partial charge in [-0.25, -0.2) is 4.39 Å². The maximum absolute atomic E-state index is 12.9. The van der Waals surface area contributed by atoms with Gasteiger partial charge in [0.25, 0.3) is 0 Å². The van der Waals surface area contributed by atoms with Crippen molar-refractivity contribution < 1.29 is 18.7 Å². The molecule has 0 unspecified atom stereocenters. The molecule has 0 fully saturated rings. The minimum atomic E-state index is -0.314. The molecule has 3 rings (SSSR count). The van der Waals surface area contributed by atoms with Gasteiger partial charge in [0.2, 0.25) is 11.0 Å². The van der Waals surface area contributed by atoms with Crippen LogP contribution in [0.5, 0.6) is 11.5 Å². The van der Waals surface area contributed by atoms with Crippen molar-refractivity contribution in [2.45, 2.75) is 10.1 Å². The molecule has 9 heteroatoms. The molecular weight excluding hydrogens is 413 g/mol. The summed E-state index contributed by atoms with van der Waals surface area (Å²) in [6.07, 6.45) is 3.08. The van der Waals surface area contributed by atoms with Crippen LogP contribution in [-0.2, 0) is 10.5 Å². The van der Waals surface area contributed by atoms with Crippen LogP contribution >= 0.6 is 23.1 Å². The highest BCUT2D eigenvalue weighted by Crippen LogP contribution is 2.29. The van der Waals surface area contributed by atoms with E-state index in [0.29, 0.717) is 26.7 Å². The van der Waals surface area contributed by atoms with Crippen molar-refractivity contribution in [3.63, 3.8) is 0 Å². The molecule has 0 aliphatic heterocycles. The van der Waals surface area contributed by atoms with Crippen LogP contribution in [-0.4, -0.2) is 30.3 Å². The van der Waals surface area contributed by atoms with Gasteiger partial charge in [-0.2, -0.15) is 0 Å². The average Bonchev–Trinajstić information content (AvgIpc) is 3.18. The highest BCUT2D eigenvalue weighted by atomic mass is 32.2. The van der Waals surface area contributed by atoms with Crippen molar-refractivity contribution in [1.29, 1.82) is 0 Å². The van der Waals surface area contributed by atoms with Crippen molar-refractivity contribution in [2.24, 2.45) is 0 Å². The van der Waals surface area contributed by atoms with Crippen LogP contribution in [0.15, 0.2) is 52.9 Å². The number of ether oxygens (including phenoxy) is 2. The highest BCUT2D eigenvalue weighted by Gasteiger charge is 2.08. The monoisotopic (exact) mass is 431 g/mol. The zero-order chi connectivity index (χ0) is 20.6. The Balaban J connectivity index is 1.54. The molecule has 2 aromatic carbocycles. The van der Waals surface area contributed by atoms with Gasteiger partial charge in [-0.05, 0) is 41.5 Å². The van der Waals surface area contributed by atoms with Crippen LogP contribution in [0.25, 0.3) is 6.08 Å². The van der Waals surface area contributed by atoms with E-state index in [1.54, 1.807) is 44.6 Å². The number of nitrogens with one attached hydrogen (secondary N) is 1. The van der Waals surface area contributed by atoms with Crippen molar-refractivity contribution in [2.75, 3.05) is 19.5 Å². The molecule has 1 amide bonds. The smallest absolute Gasteiger partial charge is 0.250 e. The standard InChI is InChI=1S/C20H18FN3O3S2/c1-26-16-9-5-13(11-17(16)27-2)6-10-18(25)22-19-23-24-20(29-19)28-12-14-3-7-15(21)8-4-14/h3-11H,12H2,1-2H3,(H,22,23,25)/b10-6+. The fourth-order valence-corrected chi connectivity index (χ4v) is 4.03. The first kappa shape index (κ1) is 20.8. The van der Waals surface area contributed by atoms with E-state index in [1.807, 2.05) is 6.07 Å². The molecule has 3 aromatic rings. The predicted octanol–water partition coefficient (Wildman–Crippen LogP) is 4.64. The summed E-state index contributed by atoms with van der Waals surface area (Å²) in [5.41, 5.74) is 1.78. The number of thioether (sulfide) groups is 1. The summed E-state index contributed by atoms with van der Waals surface area (Å²) in [7, 11) is 3.12. The third kappa shape index (κ3) is 6.03. The summed E-state index contributed by atoms with van der Waals surface area (Å²) < 4.78 is 24.1. The maximum Gasteiger partial charge on any atom is 0.250 e. The van der Waals surface area contributed by atoms with Crippen molar-refractivity contribution in [3.8, 4) is 11.5 Å². The number of methoxy groups -OCH3 is 2. The zero-order valence-electron chi connectivity index (χ0n) is 15.7. The molecule has 1 heterocycles. The van der Waals surface area contributed by atoms with Crippen LogP contribution in [0.1, 0.15) is 11.1 Å². The van der Waals surface area contributed by atoms with Gasteiger partial charge in [0.1, 0.15) is 5.82 Å². The SMILES string of the molecule is COc1ccc(/C=C/C(=O)Nc2nnc(SCc3ccc(F)cc3)s2)cc1OC. The van der Waals surface area contributed by atoms with Crippen LogP contribution < -0.4 is 14.8 Å². The Morgan fingerprint density at radius 2 is 1.90 bits per heavy atom. The van der Waals surface area contributed by atoms with E-state index in [-0.39, 0.29) is 11.7 Å². The first-order valence-electron chi connectivity index (χ1n) is 8.49. The second-order valence-electron chi connectivity index (χ2n) is 5.73. The minimum Gasteiger partial charge on any atom is -0.493 e. The van der Waals surface area contributed by atoms with Crippen LogP contribution in [0.2, 0.25) is 0 Å². The number of nitrogens with zero attached hydrogens (tertiary/aromatic N) is 2. The fourth-order valence-electron chi connectivity index (χ4n) is 2.32. The quantitative estimate of drug-likeness (QED) is 0.318. The summed E-state index contributed by atoms with van der Waals surface area (Å²) in [6.45, 7) is 0. The first-order chi connectivity index (χ1) is 14.1. The minimum absolute atomic E-state index is 0.263. The van der Waals surface area contributed by atoms with E-state index < -0.39 is 0 Å². The van der Waals surface area contributed by atoms with Crippen LogP contribution in [0.4, 0.5) is 9.52 Å². The summed E-state index contributed by atoms with van der Waals surface area (Å²) in [6, 6.07) is 11.7. The number of carbonyl (C=O) groups excluding carboxylic acids is 1. The molecular formula is C20H18FN3O3S2. The number of rotatable bonds is 8. The molecule has 0 bridgehead atoms. The maximum atomic E-state index is 12.9. The van der Waals surface area contributed by atoms with Crippen LogP contribution in [0.3, 0.4) is 0 Å². The summed E-state index contributed by atoms with van der Waals surface area (Å²) >= 11 is 2.75. The molecule has 1 N–H and O–H groups in total. The first-order valence-corrected chi connectivity index (χ1v) is 10.3. The Bertz CT molecular complexity index is 1010. The molecule has 0 radical (unpaired) electrons. The molecule has 0 aliphatic rings. The Morgan fingerprint density at radius 1 is 1.14 bits per heavy atom. The molecule has 0 saturated carbocycles. The number of hydrogen-bond acceptors (Lipinski definition) is 7. The third-order valence-electron chi connectivity index (χ3n) is 3.75. The van der Waals surface area contributed by atoms with E-state index >= 15 is 0 Å². The summed E-state index contributed by atoms with van der Waals surface area (Å²) in [5, 5.41) is 11.1. The van der Waals surface area contributed by atoms with Crippen molar-refractivity contribution in [3.05, 3.63) is 65.5 Å². The van der Waals surface area contributed by atoms with E-state index in [4.69, 9.17) is 9.47 Å². The normalized spacial score (nSPS) is 10.9. The number of benzene rings is 2. The number of hydrogen-bond donors (Lipinski definition) is 1. The predicted molar refractivity (Wildman–Crippen MR) is 113 cm³/mol. The molecule has 1 aromatic heterocycles. The second kappa shape index (κ2) is 10.0. The van der Waals surface area contributed by atoms with Crippen molar-refractivity contribution >= 4 is 40.2 Å². The zero-order valence-corrected chi connectivity index (χ0v) is 17.3. The third-order valence-corrected chi connectivity index (χ3v) is 5.79. The van der Waals surface area contributed by atoms with E-state index in [1.165, 1.54) is 41.3 Å². The van der Waals surface area contributed by atoms with Crippen molar-refractivity contribution in [1.82, 2.24) is 10.2 Å². The Labute approximate surface area is 175 Å². The van der Waals surface area contributed by atoms with Gasteiger partial charge < -0.3 is 9.47 Å². The molecule has 6 nitrogen and oxygen atoms in total. The second-order valence-corrected chi connectivity index (χ2v) is 7.93. The molecule has 150 valence electrons. The summed E-state index contributed by atoms with van der Waals surface area (Å²) in [4.78, 5) is 12.1. The van der Waals surface area contributed by atoms with Gasteiger partial charge in [0.15, 0.2) is 15.8 Å². The number of aromatic nitrogens is 2.